The molecule has 3 aromatic rings. The second-order valence-corrected chi connectivity index (χ2v) is 8.20. The third-order valence-electron chi connectivity index (χ3n) is 6.11. The van der Waals surface area contributed by atoms with Gasteiger partial charge in [-0.3, -0.25) is 14.6 Å². The van der Waals surface area contributed by atoms with E-state index < -0.39 is 0 Å². The minimum Gasteiger partial charge on any atom is -0.324 e. The van der Waals surface area contributed by atoms with Gasteiger partial charge in [-0.2, -0.15) is 0 Å². The number of para-hydroxylation sites is 1. The van der Waals surface area contributed by atoms with Crippen LogP contribution in [0.4, 0.5) is 5.69 Å². The Morgan fingerprint density at radius 2 is 1.53 bits per heavy atom. The van der Waals surface area contributed by atoms with Gasteiger partial charge in [-0.15, -0.1) is 0 Å². The van der Waals surface area contributed by atoms with E-state index in [0.717, 1.165) is 50.4 Å². The second-order valence-electron chi connectivity index (χ2n) is 8.20. The number of hydrogen-bond acceptors (Lipinski definition) is 3. The van der Waals surface area contributed by atoms with Crippen LogP contribution in [0.3, 0.4) is 0 Å². The van der Waals surface area contributed by atoms with E-state index in [1.165, 1.54) is 21.9 Å². The van der Waals surface area contributed by atoms with Crippen LogP contribution in [-0.2, 0) is 17.8 Å². The summed E-state index contributed by atoms with van der Waals surface area (Å²) in [5.74, 6) is 0.0847. The number of anilines is 1. The first kappa shape index (κ1) is 20.6. The molecule has 1 saturated heterocycles. The molecule has 1 heterocycles. The summed E-state index contributed by atoms with van der Waals surface area (Å²) in [6.45, 7) is 9.42. The molecular weight excluding hydrogens is 370 g/mol. The number of rotatable bonds is 6. The molecule has 30 heavy (non-hydrogen) atoms. The van der Waals surface area contributed by atoms with Crippen LogP contribution >= 0.6 is 0 Å². The zero-order chi connectivity index (χ0) is 20.9. The van der Waals surface area contributed by atoms with Crippen molar-refractivity contribution < 1.29 is 4.79 Å². The van der Waals surface area contributed by atoms with Crippen LogP contribution < -0.4 is 5.32 Å². The van der Waals surface area contributed by atoms with Crippen LogP contribution in [0.25, 0.3) is 10.8 Å². The largest absolute Gasteiger partial charge is 0.324 e. The maximum atomic E-state index is 12.7. The number of hydrogen-bond donors (Lipinski definition) is 1. The molecule has 0 aliphatic carbocycles. The molecule has 1 fully saturated rings. The van der Waals surface area contributed by atoms with Crippen LogP contribution in [-0.4, -0.2) is 48.4 Å². The lowest BCUT2D eigenvalue weighted by Gasteiger charge is -2.34. The van der Waals surface area contributed by atoms with E-state index in [0.29, 0.717) is 6.54 Å². The van der Waals surface area contributed by atoms with Crippen molar-refractivity contribution in [1.82, 2.24) is 9.80 Å². The molecule has 4 heteroatoms. The average Bonchev–Trinajstić information content (AvgIpc) is 2.77. The highest BCUT2D eigenvalue weighted by Crippen LogP contribution is 2.22. The smallest absolute Gasteiger partial charge is 0.238 e. The fourth-order valence-corrected chi connectivity index (χ4v) is 4.36. The quantitative estimate of drug-likeness (QED) is 0.662. The molecule has 156 valence electrons. The van der Waals surface area contributed by atoms with Crippen LogP contribution in [0.1, 0.15) is 23.6 Å². The van der Waals surface area contributed by atoms with Gasteiger partial charge in [-0.05, 0) is 40.8 Å². The summed E-state index contributed by atoms with van der Waals surface area (Å²) < 4.78 is 0. The lowest BCUT2D eigenvalue weighted by atomic mass is 10.0. The monoisotopic (exact) mass is 401 g/mol. The number of carbonyl (C=O) groups is 1. The third kappa shape index (κ3) is 4.72. The van der Waals surface area contributed by atoms with Crippen molar-refractivity contribution >= 4 is 22.4 Å². The van der Waals surface area contributed by atoms with Crippen molar-refractivity contribution in [2.75, 3.05) is 38.0 Å². The molecule has 0 aromatic heterocycles. The van der Waals surface area contributed by atoms with Gasteiger partial charge in [0.1, 0.15) is 0 Å². The maximum Gasteiger partial charge on any atom is 0.238 e. The normalized spacial score (nSPS) is 15.4. The van der Waals surface area contributed by atoms with Crippen LogP contribution in [0.5, 0.6) is 0 Å². The van der Waals surface area contributed by atoms with Gasteiger partial charge in [-0.25, -0.2) is 0 Å². The highest BCUT2D eigenvalue weighted by Gasteiger charge is 2.20. The molecule has 1 aliphatic rings. The van der Waals surface area contributed by atoms with Crippen molar-refractivity contribution in [1.29, 1.82) is 0 Å². The van der Waals surface area contributed by atoms with Crippen molar-refractivity contribution in [2.24, 2.45) is 0 Å². The lowest BCUT2D eigenvalue weighted by molar-refractivity contribution is -0.117. The minimum absolute atomic E-state index is 0.0847. The topological polar surface area (TPSA) is 35.6 Å². The molecule has 1 aliphatic heterocycles. The maximum absolute atomic E-state index is 12.7. The van der Waals surface area contributed by atoms with Crippen LogP contribution in [0, 0.1) is 6.92 Å². The number of amides is 1. The fourth-order valence-electron chi connectivity index (χ4n) is 4.36. The molecule has 3 aromatic carbocycles. The Morgan fingerprint density at radius 1 is 0.867 bits per heavy atom. The number of aryl methyl sites for hydroxylation is 2. The summed E-state index contributed by atoms with van der Waals surface area (Å²) in [6.07, 6.45) is 0.921. The van der Waals surface area contributed by atoms with Gasteiger partial charge in [0.2, 0.25) is 5.91 Å². The van der Waals surface area contributed by atoms with Crippen LogP contribution in [0.15, 0.2) is 60.7 Å². The molecule has 0 radical (unpaired) electrons. The molecule has 0 spiro atoms. The Labute approximate surface area is 179 Å². The third-order valence-corrected chi connectivity index (χ3v) is 6.11. The van der Waals surface area contributed by atoms with Gasteiger partial charge in [-0.1, -0.05) is 67.6 Å². The molecule has 0 unspecified atom stereocenters. The predicted octanol–water partition coefficient (Wildman–Crippen LogP) is 4.47. The predicted molar refractivity (Wildman–Crippen MR) is 125 cm³/mol. The SMILES string of the molecule is CCc1cccc(C)c1NC(=O)CN1CCN(Cc2cccc3ccccc23)CC1. The van der Waals surface area contributed by atoms with Crippen molar-refractivity contribution in [3.63, 3.8) is 0 Å². The molecule has 4 rings (SSSR count). The van der Waals surface area contributed by atoms with Gasteiger partial charge in [0, 0.05) is 38.4 Å². The van der Waals surface area contributed by atoms with E-state index in [2.05, 4.69) is 89.6 Å². The highest BCUT2D eigenvalue weighted by atomic mass is 16.2. The molecular formula is C26H31N3O. The molecule has 0 saturated carbocycles. The van der Waals surface area contributed by atoms with E-state index in [1.54, 1.807) is 0 Å². The summed E-state index contributed by atoms with van der Waals surface area (Å²) in [5, 5.41) is 5.79. The fraction of sp³-hybridized carbons (Fsp3) is 0.346. The van der Waals surface area contributed by atoms with E-state index in [9.17, 15) is 4.79 Å². The second kappa shape index (κ2) is 9.41. The molecule has 1 amide bonds. The molecule has 1 N–H and O–H groups in total. The number of benzene rings is 3. The summed E-state index contributed by atoms with van der Waals surface area (Å²) in [6, 6.07) is 21.3. The Bertz CT molecular complexity index is 1020. The van der Waals surface area contributed by atoms with Gasteiger partial charge in [0.25, 0.3) is 0 Å². The van der Waals surface area contributed by atoms with Gasteiger partial charge >= 0.3 is 0 Å². The summed E-state index contributed by atoms with van der Waals surface area (Å²) >= 11 is 0. The molecule has 0 atom stereocenters. The van der Waals surface area contributed by atoms with E-state index in [1.807, 2.05) is 0 Å². The van der Waals surface area contributed by atoms with Gasteiger partial charge in [0.05, 0.1) is 6.54 Å². The Kier molecular flexibility index (Phi) is 6.46. The van der Waals surface area contributed by atoms with Crippen molar-refractivity contribution in [2.45, 2.75) is 26.8 Å². The van der Waals surface area contributed by atoms with E-state index in [-0.39, 0.29) is 5.91 Å². The number of fused-ring (bicyclic) bond motifs is 1. The first-order valence-corrected chi connectivity index (χ1v) is 10.9. The lowest BCUT2D eigenvalue weighted by Crippen LogP contribution is -2.48. The molecule has 4 nitrogen and oxygen atoms in total. The van der Waals surface area contributed by atoms with Crippen molar-refractivity contribution in [3.8, 4) is 0 Å². The molecule has 0 bridgehead atoms. The number of carbonyl (C=O) groups excluding carboxylic acids is 1. The van der Waals surface area contributed by atoms with Crippen LogP contribution in [0.2, 0.25) is 0 Å². The zero-order valence-electron chi connectivity index (χ0n) is 18.0. The van der Waals surface area contributed by atoms with Crippen molar-refractivity contribution in [3.05, 3.63) is 77.4 Å². The average molecular weight is 402 g/mol. The number of piperazine rings is 1. The zero-order valence-corrected chi connectivity index (χ0v) is 18.0. The standard InChI is InChI=1S/C26H31N3O/c1-3-21-10-6-8-20(2)26(21)27-25(30)19-29-16-14-28(15-17-29)18-23-12-7-11-22-9-4-5-13-24(22)23/h4-13H,3,14-19H2,1-2H3,(H,27,30). The first-order chi connectivity index (χ1) is 14.6. The van der Waals surface area contributed by atoms with E-state index in [4.69, 9.17) is 0 Å². The van der Waals surface area contributed by atoms with E-state index >= 15 is 0 Å². The number of nitrogens with one attached hydrogen (secondary N) is 1. The highest BCUT2D eigenvalue weighted by molar-refractivity contribution is 5.93. The summed E-state index contributed by atoms with van der Waals surface area (Å²) in [4.78, 5) is 17.4. The van der Waals surface area contributed by atoms with Gasteiger partial charge < -0.3 is 5.32 Å². The Hall–Kier alpha value is -2.69. The summed E-state index contributed by atoms with van der Waals surface area (Å²) in [7, 11) is 0. The first-order valence-electron chi connectivity index (χ1n) is 10.9. The number of nitrogens with zero attached hydrogens (tertiary/aromatic N) is 2. The summed E-state index contributed by atoms with van der Waals surface area (Å²) in [5.41, 5.74) is 4.69. The Morgan fingerprint density at radius 3 is 2.33 bits per heavy atom. The Balaban J connectivity index is 1.31. The minimum atomic E-state index is 0.0847. The van der Waals surface area contributed by atoms with Gasteiger partial charge in [0.15, 0.2) is 0 Å².